The van der Waals surface area contributed by atoms with E-state index in [1.54, 1.807) is 0 Å². The van der Waals surface area contributed by atoms with Crippen molar-refractivity contribution >= 4 is 11.8 Å². The monoisotopic (exact) mass is 358 g/mol. The lowest BCUT2D eigenvalue weighted by atomic mass is 10.0. The lowest BCUT2D eigenvalue weighted by molar-refractivity contribution is -0.249. The maximum Gasteiger partial charge on any atom is 0.183 e. The van der Waals surface area contributed by atoms with Crippen molar-refractivity contribution in [2.45, 2.75) is 59.7 Å². The van der Waals surface area contributed by atoms with Gasteiger partial charge in [0.2, 0.25) is 0 Å². The van der Waals surface area contributed by atoms with E-state index in [0.717, 1.165) is 11.8 Å². The van der Waals surface area contributed by atoms with Gasteiger partial charge in [0.05, 0.1) is 30.7 Å². The molecule has 0 unspecified atom stereocenters. The van der Waals surface area contributed by atoms with Crippen LogP contribution >= 0.6 is 11.8 Å². The van der Waals surface area contributed by atoms with Gasteiger partial charge in [-0.2, -0.15) is 0 Å². The fourth-order valence-corrected chi connectivity index (χ4v) is 4.06. The van der Waals surface area contributed by atoms with Crippen LogP contribution in [0.2, 0.25) is 0 Å². The molecule has 10 nitrogen and oxygen atoms in total. The molecule has 2 saturated heterocycles. The molecule has 0 amide bonds. The van der Waals surface area contributed by atoms with Gasteiger partial charge in [0.1, 0.15) is 36.0 Å². The molecule has 0 radical (unpaired) electrons. The van der Waals surface area contributed by atoms with Crippen molar-refractivity contribution in [2.24, 2.45) is 0 Å². The van der Waals surface area contributed by atoms with Crippen LogP contribution in [0.5, 0.6) is 0 Å². The van der Waals surface area contributed by atoms with E-state index in [-0.39, 0.29) is 0 Å². The Morgan fingerprint density at radius 3 is 1.83 bits per heavy atom. The molecule has 2 aliphatic heterocycles. The summed E-state index contributed by atoms with van der Waals surface area (Å²) in [5, 5.41) is 76.0. The molecule has 2 fully saturated rings. The van der Waals surface area contributed by atoms with Crippen LogP contribution in [0.3, 0.4) is 0 Å². The highest BCUT2D eigenvalue weighted by Gasteiger charge is 2.49. The molecule has 10 atom stereocenters. The van der Waals surface area contributed by atoms with E-state index >= 15 is 0 Å². The van der Waals surface area contributed by atoms with Crippen molar-refractivity contribution in [1.82, 2.24) is 0 Å². The SMILES string of the molecule is OC[C@H]1O[C@@H](S[C@H]2[C@H](O)[C@@H](O)[C@H](O)O[C@@H]2CO)[C@H](O)[C@@H](O)[C@@H]1O. The maximum atomic E-state index is 10.0. The smallest absolute Gasteiger partial charge is 0.183 e. The van der Waals surface area contributed by atoms with Crippen molar-refractivity contribution < 1.29 is 50.3 Å². The minimum atomic E-state index is -1.67. The van der Waals surface area contributed by atoms with E-state index < -0.39 is 72.9 Å². The Hall–Kier alpha value is -0.0500. The molecule has 0 aromatic heterocycles. The first-order chi connectivity index (χ1) is 10.8. The third-order valence-electron chi connectivity index (χ3n) is 3.98. The zero-order valence-electron chi connectivity index (χ0n) is 12.0. The Kier molecular flexibility index (Phi) is 6.61. The molecule has 136 valence electrons. The predicted octanol–water partition coefficient (Wildman–Crippen LogP) is -4.68. The van der Waals surface area contributed by atoms with E-state index in [9.17, 15) is 35.7 Å². The Morgan fingerprint density at radius 1 is 0.652 bits per heavy atom. The molecule has 2 heterocycles. The summed E-state index contributed by atoms with van der Waals surface area (Å²) < 4.78 is 10.3. The van der Waals surface area contributed by atoms with Gasteiger partial charge in [0, 0.05) is 0 Å². The largest absolute Gasteiger partial charge is 0.394 e. The lowest BCUT2D eigenvalue weighted by Gasteiger charge is -2.44. The highest BCUT2D eigenvalue weighted by atomic mass is 32.2. The Labute approximate surface area is 135 Å². The van der Waals surface area contributed by atoms with E-state index in [1.165, 1.54) is 0 Å². The van der Waals surface area contributed by atoms with Crippen LogP contribution in [-0.2, 0) is 9.47 Å². The van der Waals surface area contributed by atoms with Gasteiger partial charge < -0.3 is 50.3 Å². The third kappa shape index (κ3) is 3.80. The van der Waals surface area contributed by atoms with Gasteiger partial charge in [-0.1, -0.05) is 0 Å². The highest BCUT2D eigenvalue weighted by molar-refractivity contribution is 8.00. The van der Waals surface area contributed by atoms with E-state index in [1.807, 2.05) is 0 Å². The summed E-state index contributed by atoms with van der Waals surface area (Å²) in [5.74, 6) is 0. The maximum absolute atomic E-state index is 10.0. The average molecular weight is 358 g/mol. The average Bonchev–Trinajstić information content (AvgIpc) is 2.55. The van der Waals surface area contributed by atoms with Crippen molar-refractivity contribution in [1.29, 1.82) is 0 Å². The minimum absolute atomic E-state index is 0.573. The Morgan fingerprint density at radius 2 is 1.26 bits per heavy atom. The molecule has 0 aromatic carbocycles. The van der Waals surface area contributed by atoms with Gasteiger partial charge in [0.15, 0.2) is 6.29 Å². The Balaban J connectivity index is 2.11. The number of hydrogen-bond acceptors (Lipinski definition) is 11. The number of thioether (sulfide) groups is 1. The molecule has 8 N–H and O–H groups in total. The van der Waals surface area contributed by atoms with Crippen molar-refractivity contribution in [3.8, 4) is 0 Å². The molecule has 0 aromatic rings. The van der Waals surface area contributed by atoms with E-state index in [0.29, 0.717) is 0 Å². The molecular formula is C12H22O10S. The molecule has 23 heavy (non-hydrogen) atoms. The summed E-state index contributed by atoms with van der Waals surface area (Å²) >= 11 is 0.761. The fourth-order valence-electron chi connectivity index (χ4n) is 2.57. The number of ether oxygens (including phenoxy) is 2. The summed E-state index contributed by atoms with van der Waals surface area (Å²) in [5.41, 5.74) is -1.16. The summed E-state index contributed by atoms with van der Waals surface area (Å²) in [4.78, 5) is 0. The van der Waals surface area contributed by atoms with Crippen LogP contribution in [0.25, 0.3) is 0 Å². The molecular weight excluding hydrogens is 336 g/mol. The second-order valence-electron chi connectivity index (χ2n) is 5.53. The predicted molar refractivity (Wildman–Crippen MR) is 75.1 cm³/mol. The van der Waals surface area contributed by atoms with Crippen LogP contribution in [0.1, 0.15) is 0 Å². The van der Waals surface area contributed by atoms with Gasteiger partial charge >= 0.3 is 0 Å². The van der Waals surface area contributed by atoms with Gasteiger partial charge in [-0.25, -0.2) is 0 Å². The van der Waals surface area contributed by atoms with Gasteiger partial charge in [-0.05, 0) is 0 Å². The van der Waals surface area contributed by atoms with Gasteiger partial charge in [0.25, 0.3) is 0 Å². The first-order valence-corrected chi connectivity index (χ1v) is 8.02. The Bertz CT molecular complexity index is 383. The third-order valence-corrected chi connectivity index (χ3v) is 5.53. The summed E-state index contributed by atoms with van der Waals surface area (Å²) in [6.45, 7) is -1.17. The van der Waals surface area contributed by atoms with E-state index in [2.05, 4.69) is 0 Å². The first-order valence-electron chi connectivity index (χ1n) is 7.08. The first kappa shape index (κ1) is 19.3. The second kappa shape index (κ2) is 7.89. The van der Waals surface area contributed by atoms with Crippen molar-refractivity contribution in [2.75, 3.05) is 13.2 Å². The normalized spacial score (nSPS) is 51.7. The van der Waals surface area contributed by atoms with Gasteiger partial charge in [-0.3, -0.25) is 0 Å². The topological polar surface area (TPSA) is 180 Å². The molecule has 0 saturated carbocycles. The lowest BCUT2D eigenvalue weighted by Crippen LogP contribution is -2.61. The molecule has 0 bridgehead atoms. The fraction of sp³-hybridized carbons (Fsp3) is 1.00. The van der Waals surface area contributed by atoms with Crippen LogP contribution in [-0.4, -0.2) is 114 Å². The van der Waals surface area contributed by atoms with Crippen LogP contribution in [0.4, 0.5) is 0 Å². The molecule has 0 spiro atoms. The number of aliphatic hydroxyl groups is 8. The molecule has 11 heteroatoms. The number of hydrogen-bond donors (Lipinski definition) is 8. The highest BCUT2D eigenvalue weighted by Crippen LogP contribution is 2.37. The van der Waals surface area contributed by atoms with Crippen LogP contribution in [0, 0.1) is 0 Å². The van der Waals surface area contributed by atoms with Gasteiger partial charge in [-0.15, -0.1) is 11.8 Å². The zero-order chi connectivity index (χ0) is 17.3. The summed E-state index contributed by atoms with van der Waals surface area (Å²) in [6.07, 6.45) is -11.6. The number of rotatable bonds is 4. The van der Waals surface area contributed by atoms with Crippen molar-refractivity contribution in [3.05, 3.63) is 0 Å². The standard InChI is InChI=1S/C12H22O10S/c13-1-3-5(15)6(16)9(19)12(22-3)23-10-4(2-14)21-11(20)8(18)7(10)17/h3-20H,1-2H2/t3-,4-,5-,6+,7-,8-,9-,10-,11-,12+/m1/s1. The van der Waals surface area contributed by atoms with Crippen LogP contribution in [0.15, 0.2) is 0 Å². The summed E-state index contributed by atoms with van der Waals surface area (Å²) in [6, 6.07) is 0. The zero-order valence-corrected chi connectivity index (χ0v) is 12.8. The molecule has 0 aliphatic carbocycles. The summed E-state index contributed by atoms with van der Waals surface area (Å²) in [7, 11) is 0. The van der Waals surface area contributed by atoms with Crippen molar-refractivity contribution in [3.63, 3.8) is 0 Å². The number of aliphatic hydroxyl groups excluding tert-OH is 8. The minimum Gasteiger partial charge on any atom is -0.394 e. The molecule has 2 rings (SSSR count). The van der Waals surface area contributed by atoms with Crippen LogP contribution < -0.4 is 0 Å². The molecule has 2 aliphatic rings. The quantitative estimate of drug-likeness (QED) is 0.242. The second-order valence-corrected chi connectivity index (χ2v) is 6.81. The van der Waals surface area contributed by atoms with E-state index in [4.69, 9.17) is 14.6 Å².